The molecule has 7 atom stereocenters. The topological polar surface area (TPSA) is 49.4 Å². The van der Waals surface area contributed by atoms with Crippen LogP contribution in [0.4, 0.5) is 0 Å². The molecule has 0 aromatic rings. The normalized spacial score (nSPS) is 44.9. The van der Waals surface area contributed by atoms with E-state index in [4.69, 9.17) is 0 Å². The summed E-state index contributed by atoms with van der Waals surface area (Å²) in [6, 6.07) is 0.563. The van der Waals surface area contributed by atoms with Crippen LogP contribution in [-0.2, 0) is 9.59 Å². The Bertz CT molecular complexity index is 686. The van der Waals surface area contributed by atoms with Gasteiger partial charge in [-0.2, -0.15) is 0 Å². The predicted octanol–water partition coefficient (Wildman–Crippen LogP) is 4.16. The molecule has 3 aliphatic carbocycles. The fraction of sp³-hybridized carbons (Fsp3) is 0.833. The van der Waals surface area contributed by atoms with Gasteiger partial charge in [-0.1, -0.05) is 19.9 Å². The largest absolute Gasteiger partial charge is 0.354 e. The van der Waals surface area contributed by atoms with Gasteiger partial charge in [0.25, 0.3) is 0 Å². The lowest BCUT2D eigenvalue weighted by molar-refractivity contribution is -0.144. The summed E-state index contributed by atoms with van der Waals surface area (Å²) >= 11 is 0. The van der Waals surface area contributed by atoms with Gasteiger partial charge >= 0.3 is 0 Å². The zero-order valence-electron chi connectivity index (χ0n) is 18.3. The van der Waals surface area contributed by atoms with Crippen LogP contribution in [0.5, 0.6) is 0 Å². The molecule has 4 aliphatic rings. The molecule has 2 unspecified atom stereocenters. The van der Waals surface area contributed by atoms with E-state index < -0.39 is 0 Å². The summed E-state index contributed by atoms with van der Waals surface area (Å²) in [6.07, 6.45) is 11.0. The highest BCUT2D eigenvalue weighted by molar-refractivity contribution is 5.89. The van der Waals surface area contributed by atoms with Crippen molar-refractivity contribution >= 4 is 11.8 Å². The lowest BCUT2D eigenvalue weighted by atomic mass is 9.47. The van der Waals surface area contributed by atoms with Crippen LogP contribution in [0.25, 0.3) is 0 Å². The van der Waals surface area contributed by atoms with Crippen molar-refractivity contribution in [2.75, 3.05) is 6.54 Å². The third kappa shape index (κ3) is 2.77. The zero-order valence-corrected chi connectivity index (χ0v) is 18.3. The quantitative estimate of drug-likeness (QED) is 0.792. The van der Waals surface area contributed by atoms with Crippen molar-refractivity contribution in [2.45, 2.75) is 85.2 Å². The third-order valence-electron chi connectivity index (χ3n) is 9.06. The number of hydrogen-bond donors (Lipinski definition) is 1. The van der Waals surface area contributed by atoms with E-state index in [1.165, 1.54) is 19.3 Å². The number of amides is 2. The second-order valence-corrected chi connectivity index (χ2v) is 10.6. The smallest absolute Gasteiger partial charge is 0.246 e. The van der Waals surface area contributed by atoms with E-state index in [9.17, 15) is 9.59 Å². The molecule has 4 nitrogen and oxygen atoms in total. The van der Waals surface area contributed by atoms with E-state index in [0.717, 1.165) is 25.8 Å². The summed E-state index contributed by atoms with van der Waals surface area (Å²) in [4.78, 5) is 27.4. The molecule has 1 aliphatic heterocycles. The summed E-state index contributed by atoms with van der Waals surface area (Å²) in [5.41, 5.74) is 0.231. The Labute approximate surface area is 170 Å². The Morgan fingerprint density at radius 2 is 1.93 bits per heavy atom. The van der Waals surface area contributed by atoms with Crippen molar-refractivity contribution in [1.29, 1.82) is 0 Å². The number of rotatable bonds is 3. The lowest BCUT2D eigenvalue weighted by Gasteiger charge is -2.60. The molecule has 3 fully saturated rings. The molecular weight excluding hydrogens is 348 g/mol. The van der Waals surface area contributed by atoms with Gasteiger partial charge in [0.1, 0.15) is 0 Å². The first-order valence-electron chi connectivity index (χ1n) is 11.5. The molecule has 0 aromatic carbocycles. The molecule has 1 N–H and O–H groups in total. The average Bonchev–Trinajstić information content (AvgIpc) is 2.99. The molecule has 3 saturated carbocycles. The molecule has 0 aromatic heterocycles. The molecule has 0 saturated heterocycles. The van der Waals surface area contributed by atoms with Gasteiger partial charge in [-0.3, -0.25) is 9.59 Å². The van der Waals surface area contributed by atoms with E-state index in [-0.39, 0.29) is 34.6 Å². The fourth-order valence-corrected chi connectivity index (χ4v) is 7.79. The van der Waals surface area contributed by atoms with E-state index in [1.54, 1.807) is 0 Å². The zero-order chi connectivity index (χ0) is 20.3. The molecule has 4 rings (SSSR count). The van der Waals surface area contributed by atoms with Crippen LogP contribution in [0.3, 0.4) is 0 Å². The van der Waals surface area contributed by atoms with Crippen LogP contribution in [0, 0.1) is 34.5 Å². The van der Waals surface area contributed by atoms with Crippen molar-refractivity contribution in [1.82, 2.24) is 10.2 Å². The monoisotopic (exact) mass is 386 g/mol. The predicted molar refractivity (Wildman–Crippen MR) is 111 cm³/mol. The highest BCUT2D eigenvalue weighted by Gasteiger charge is 2.61. The highest BCUT2D eigenvalue weighted by atomic mass is 16.2. The van der Waals surface area contributed by atoms with Crippen LogP contribution in [0.15, 0.2) is 12.2 Å². The molecule has 0 radical (unpaired) electrons. The third-order valence-corrected chi connectivity index (χ3v) is 9.06. The van der Waals surface area contributed by atoms with Crippen LogP contribution in [0.1, 0.15) is 73.1 Å². The van der Waals surface area contributed by atoms with Crippen LogP contribution >= 0.6 is 0 Å². The van der Waals surface area contributed by atoms with Crippen LogP contribution in [0.2, 0.25) is 0 Å². The first kappa shape index (κ1) is 20.0. The molecule has 156 valence electrons. The number of carbonyl (C=O) groups excluding carboxylic acids is 2. The Hall–Kier alpha value is -1.32. The van der Waals surface area contributed by atoms with Crippen LogP contribution in [-0.4, -0.2) is 35.3 Å². The SMILES string of the molecule is CCN1C(=O)C=C[C@@]2(C)C1CC[C@@H]1[C@H]2CC[C@]2(C)C(C(=O)NC(C)C)CC[C@@H]12. The Morgan fingerprint density at radius 1 is 1.18 bits per heavy atom. The van der Waals surface area contributed by atoms with Crippen molar-refractivity contribution in [3.8, 4) is 0 Å². The lowest BCUT2D eigenvalue weighted by Crippen LogP contribution is -2.60. The van der Waals surface area contributed by atoms with Gasteiger partial charge in [-0.25, -0.2) is 0 Å². The molecule has 28 heavy (non-hydrogen) atoms. The molecule has 1 heterocycles. The first-order valence-corrected chi connectivity index (χ1v) is 11.5. The summed E-state index contributed by atoms with van der Waals surface area (Å²) in [6.45, 7) is 11.8. The van der Waals surface area contributed by atoms with Gasteiger partial charge in [0.05, 0.1) is 0 Å². The van der Waals surface area contributed by atoms with E-state index >= 15 is 0 Å². The highest BCUT2D eigenvalue weighted by Crippen LogP contribution is 2.65. The van der Waals surface area contributed by atoms with Crippen molar-refractivity contribution in [2.24, 2.45) is 34.5 Å². The maximum Gasteiger partial charge on any atom is 0.246 e. The molecule has 2 amide bonds. The Balaban J connectivity index is 1.60. The molecule has 0 bridgehead atoms. The average molecular weight is 387 g/mol. The van der Waals surface area contributed by atoms with Crippen molar-refractivity contribution < 1.29 is 9.59 Å². The van der Waals surface area contributed by atoms with Gasteiger partial charge in [0.15, 0.2) is 0 Å². The Kier molecular flexibility index (Phi) is 4.91. The molecule has 0 spiro atoms. The van der Waals surface area contributed by atoms with Crippen molar-refractivity contribution in [3.05, 3.63) is 12.2 Å². The number of hydrogen-bond acceptors (Lipinski definition) is 2. The minimum Gasteiger partial charge on any atom is -0.354 e. The summed E-state index contributed by atoms with van der Waals surface area (Å²) in [7, 11) is 0. The number of likely N-dealkylation sites (N-methyl/N-ethyl adjacent to an activating group) is 1. The first-order chi connectivity index (χ1) is 13.2. The van der Waals surface area contributed by atoms with Gasteiger partial charge < -0.3 is 10.2 Å². The maximum atomic E-state index is 12.9. The second-order valence-electron chi connectivity index (χ2n) is 10.6. The van der Waals surface area contributed by atoms with E-state index in [0.29, 0.717) is 23.8 Å². The summed E-state index contributed by atoms with van der Waals surface area (Å²) < 4.78 is 0. The van der Waals surface area contributed by atoms with Crippen molar-refractivity contribution in [3.63, 3.8) is 0 Å². The van der Waals surface area contributed by atoms with Gasteiger partial charge in [-0.05, 0) is 88.5 Å². The minimum absolute atomic E-state index is 0.0897. The molecular formula is C24H38N2O2. The van der Waals surface area contributed by atoms with Gasteiger partial charge in [-0.15, -0.1) is 0 Å². The standard InChI is InChI=1S/C24H38N2O2/c1-6-26-20-10-7-16-17-8-9-19(22(28)25-15(2)3)23(17,4)13-11-18(16)24(20,5)14-12-21(26)27/h12,14-20H,6-11,13H2,1-5H3,(H,25,28)/t16-,17-,18+,19?,20?,23-,24+/m0/s1. The number of fused-ring (bicyclic) bond motifs is 5. The summed E-state index contributed by atoms with van der Waals surface area (Å²) in [5, 5.41) is 3.19. The number of nitrogens with zero attached hydrogens (tertiary/aromatic N) is 1. The fourth-order valence-electron chi connectivity index (χ4n) is 7.79. The minimum atomic E-state index is 0.0897. The van der Waals surface area contributed by atoms with Gasteiger partial charge in [0, 0.05) is 30.0 Å². The Morgan fingerprint density at radius 3 is 2.61 bits per heavy atom. The molecule has 4 heteroatoms. The van der Waals surface area contributed by atoms with Gasteiger partial charge in [0.2, 0.25) is 11.8 Å². The second kappa shape index (κ2) is 6.88. The maximum absolute atomic E-state index is 12.9. The van der Waals surface area contributed by atoms with Crippen LogP contribution < -0.4 is 5.32 Å². The number of carbonyl (C=O) groups is 2. The van der Waals surface area contributed by atoms with E-state index in [2.05, 4.69) is 50.9 Å². The van der Waals surface area contributed by atoms with E-state index in [1.807, 2.05) is 6.08 Å². The summed E-state index contributed by atoms with van der Waals surface area (Å²) in [5.74, 6) is 2.60. The number of nitrogens with one attached hydrogen (secondary N) is 1.